The van der Waals surface area contributed by atoms with Crippen LogP contribution in [-0.4, -0.2) is 31.1 Å². The predicted molar refractivity (Wildman–Crippen MR) is 65.8 cm³/mol. The zero-order valence-corrected chi connectivity index (χ0v) is 9.48. The summed E-state index contributed by atoms with van der Waals surface area (Å²) in [5.74, 6) is 2.31. The van der Waals surface area contributed by atoms with E-state index in [9.17, 15) is 0 Å². The van der Waals surface area contributed by atoms with E-state index in [0.717, 1.165) is 30.4 Å². The number of benzene rings is 1. The van der Waals surface area contributed by atoms with Crippen molar-refractivity contribution in [1.82, 2.24) is 5.32 Å². The SMILES string of the molecule is C=C[C@@]1(C2=NCCN2)COc2ccccc2O1. The Hall–Kier alpha value is -1.97. The van der Waals surface area contributed by atoms with Gasteiger partial charge in [0.15, 0.2) is 11.5 Å². The number of para-hydroxylation sites is 2. The molecule has 0 aromatic heterocycles. The number of ether oxygens (including phenoxy) is 2. The summed E-state index contributed by atoms with van der Waals surface area (Å²) in [5.41, 5.74) is -0.676. The van der Waals surface area contributed by atoms with Crippen LogP contribution in [0, 0.1) is 0 Å². The van der Waals surface area contributed by atoms with Gasteiger partial charge in [0.25, 0.3) is 0 Å². The zero-order valence-electron chi connectivity index (χ0n) is 9.48. The number of rotatable bonds is 2. The maximum absolute atomic E-state index is 6.02. The van der Waals surface area contributed by atoms with Gasteiger partial charge in [0.2, 0.25) is 5.60 Å². The van der Waals surface area contributed by atoms with Gasteiger partial charge in [-0.25, -0.2) is 0 Å². The Morgan fingerprint density at radius 2 is 2.18 bits per heavy atom. The Balaban J connectivity index is 1.97. The molecule has 3 rings (SSSR count). The van der Waals surface area contributed by atoms with E-state index < -0.39 is 5.60 Å². The standard InChI is InChI=1S/C13H14N2O2/c1-2-13(12-14-7-8-15-12)9-16-10-5-3-4-6-11(10)17-13/h2-6H,1,7-9H2,(H,14,15)/t13-/m0/s1. The topological polar surface area (TPSA) is 42.9 Å². The molecule has 0 spiro atoms. The number of nitrogens with one attached hydrogen (secondary N) is 1. The van der Waals surface area contributed by atoms with Gasteiger partial charge in [-0.15, -0.1) is 0 Å². The lowest BCUT2D eigenvalue weighted by atomic mass is 10.0. The fraction of sp³-hybridized carbons (Fsp3) is 0.308. The number of hydrogen-bond donors (Lipinski definition) is 1. The molecule has 0 aliphatic carbocycles. The summed E-state index contributed by atoms with van der Waals surface area (Å²) in [4.78, 5) is 4.40. The third-order valence-electron chi connectivity index (χ3n) is 2.99. The highest BCUT2D eigenvalue weighted by atomic mass is 16.6. The van der Waals surface area contributed by atoms with Crippen LogP contribution in [0.15, 0.2) is 41.9 Å². The van der Waals surface area contributed by atoms with Crippen molar-refractivity contribution >= 4 is 5.84 Å². The first-order valence-corrected chi connectivity index (χ1v) is 5.67. The Morgan fingerprint density at radius 1 is 1.35 bits per heavy atom. The number of nitrogens with zero attached hydrogens (tertiary/aromatic N) is 1. The minimum absolute atomic E-state index is 0.402. The van der Waals surface area contributed by atoms with Crippen LogP contribution >= 0.6 is 0 Å². The highest BCUT2D eigenvalue weighted by molar-refractivity contribution is 5.94. The molecule has 88 valence electrons. The minimum atomic E-state index is -0.676. The summed E-state index contributed by atoms with van der Waals surface area (Å²) in [6, 6.07) is 7.63. The third kappa shape index (κ3) is 1.56. The van der Waals surface area contributed by atoms with Crippen molar-refractivity contribution in [3.8, 4) is 11.5 Å². The first-order chi connectivity index (χ1) is 8.34. The Bertz CT molecular complexity index is 484. The largest absolute Gasteiger partial charge is 0.485 e. The van der Waals surface area contributed by atoms with Crippen LogP contribution in [0.5, 0.6) is 11.5 Å². The lowest BCUT2D eigenvalue weighted by Gasteiger charge is -2.35. The molecule has 4 heteroatoms. The van der Waals surface area contributed by atoms with Crippen molar-refractivity contribution in [2.75, 3.05) is 19.7 Å². The minimum Gasteiger partial charge on any atom is -0.485 e. The zero-order chi connectivity index (χ0) is 11.7. The second-order valence-electron chi connectivity index (χ2n) is 4.09. The van der Waals surface area contributed by atoms with E-state index in [1.807, 2.05) is 24.3 Å². The molecule has 2 aliphatic heterocycles. The van der Waals surface area contributed by atoms with Gasteiger partial charge in [0.1, 0.15) is 12.4 Å². The molecule has 0 bridgehead atoms. The fourth-order valence-corrected chi connectivity index (χ4v) is 2.06. The molecule has 1 N–H and O–H groups in total. The molecule has 1 aromatic carbocycles. The Morgan fingerprint density at radius 3 is 2.88 bits per heavy atom. The van der Waals surface area contributed by atoms with Crippen LogP contribution in [0.25, 0.3) is 0 Å². The monoisotopic (exact) mass is 230 g/mol. The maximum Gasteiger partial charge on any atom is 0.217 e. The van der Waals surface area contributed by atoms with Gasteiger partial charge in [0, 0.05) is 6.54 Å². The molecule has 0 amide bonds. The van der Waals surface area contributed by atoms with Crippen molar-refractivity contribution in [1.29, 1.82) is 0 Å². The van der Waals surface area contributed by atoms with Gasteiger partial charge in [-0.1, -0.05) is 18.7 Å². The van der Waals surface area contributed by atoms with Crippen LogP contribution in [0.4, 0.5) is 0 Å². The van der Waals surface area contributed by atoms with Crippen molar-refractivity contribution in [2.24, 2.45) is 4.99 Å². The lowest BCUT2D eigenvalue weighted by molar-refractivity contribution is 0.0793. The van der Waals surface area contributed by atoms with Gasteiger partial charge in [-0.05, 0) is 18.2 Å². The summed E-state index contributed by atoms with van der Waals surface area (Å²) in [6.45, 7) is 5.87. The average Bonchev–Trinajstić information content (AvgIpc) is 2.92. The van der Waals surface area contributed by atoms with E-state index in [-0.39, 0.29) is 0 Å². The first-order valence-electron chi connectivity index (χ1n) is 5.67. The van der Waals surface area contributed by atoms with Gasteiger partial charge < -0.3 is 14.8 Å². The highest BCUT2D eigenvalue weighted by Crippen LogP contribution is 2.35. The molecule has 4 nitrogen and oxygen atoms in total. The van der Waals surface area contributed by atoms with Gasteiger partial charge in [-0.3, -0.25) is 4.99 Å². The van der Waals surface area contributed by atoms with Crippen molar-refractivity contribution < 1.29 is 9.47 Å². The van der Waals surface area contributed by atoms with E-state index in [4.69, 9.17) is 9.47 Å². The molecule has 0 unspecified atom stereocenters. The Kier molecular flexibility index (Phi) is 2.28. The predicted octanol–water partition coefficient (Wildman–Crippen LogP) is 1.38. The molecule has 0 radical (unpaired) electrons. The van der Waals surface area contributed by atoms with Crippen LogP contribution in [0.1, 0.15) is 0 Å². The van der Waals surface area contributed by atoms with Crippen LogP contribution in [0.2, 0.25) is 0 Å². The second kappa shape index (κ2) is 3.80. The van der Waals surface area contributed by atoms with Gasteiger partial charge >= 0.3 is 0 Å². The number of fused-ring (bicyclic) bond motifs is 1. The molecule has 0 saturated heterocycles. The number of hydrogen-bond acceptors (Lipinski definition) is 4. The van der Waals surface area contributed by atoms with E-state index >= 15 is 0 Å². The molecule has 1 aromatic rings. The van der Waals surface area contributed by atoms with E-state index in [0.29, 0.717) is 6.61 Å². The molecular formula is C13H14N2O2. The fourth-order valence-electron chi connectivity index (χ4n) is 2.06. The summed E-state index contributed by atoms with van der Waals surface area (Å²) in [5, 5.41) is 3.22. The van der Waals surface area contributed by atoms with Gasteiger partial charge in [-0.2, -0.15) is 0 Å². The number of aliphatic imine (C=N–C) groups is 1. The Labute approximate surface area is 100.0 Å². The molecule has 0 fully saturated rings. The molecule has 2 heterocycles. The lowest BCUT2D eigenvalue weighted by Crippen LogP contribution is -2.54. The second-order valence-corrected chi connectivity index (χ2v) is 4.09. The third-order valence-corrected chi connectivity index (χ3v) is 2.99. The van der Waals surface area contributed by atoms with Crippen molar-refractivity contribution in [3.63, 3.8) is 0 Å². The first kappa shape index (κ1) is 10.2. The summed E-state index contributed by atoms with van der Waals surface area (Å²) in [6.07, 6.45) is 1.75. The van der Waals surface area contributed by atoms with Crippen LogP contribution in [0.3, 0.4) is 0 Å². The summed E-state index contributed by atoms with van der Waals surface area (Å²) < 4.78 is 11.7. The highest BCUT2D eigenvalue weighted by Gasteiger charge is 2.41. The normalized spacial score (nSPS) is 26.0. The summed E-state index contributed by atoms with van der Waals surface area (Å²) in [7, 11) is 0. The van der Waals surface area contributed by atoms with Crippen LogP contribution < -0.4 is 14.8 Å². The van der Waals surface area contributed by atoms with E-state index in [1.54, 1.807) is 6.08 Å². The van der Waals surface area contributed by atoms with Crippen molar-refractivity contribution in [2.45, 2.75) is 5.60 Å². The molecule has 2 aliphatic rings. The summed E-state index contributed by atoms with van der Waals surface area (Å²) >= 11 is 0. The van der Waals surface area contributed by atoms with Crippen molar-refractivity contribution in [3.05, 3.63) is 36.9 Å². The molecular weight excluding hydrogens is 216 g/mol. The quantitative estimate of drug-likeness (QED) is 0.781. The molecule has 1 atom stereocenters. The average molecular weight is 230 g/mol. The molecule has 17 heavy (non-hydrogen) atoms. The smallest absolute Gasteiger partial charge is 0.217 e. The molecule has 0 saturated carbocycles. The maximum atomic E-state index is 6.02. The van der Waals surface area contributed by atoms with Crippen LogP contribution in [-0.2, 0) is 0 Å². The van der Waals surface area contributed by atoms with E-state index in [2.05, 4.69) is 16.9 Å². The van der Waals surface area contributed by atoms with E-state index in [1.165, 1.54) is 0 Å². The number of amidine groups is 1. The van der Waals surface area contributed by atoms with Gasteiger partial charge in [0.05, 0.1) is 6.54 Å².